The largest absolute Gasteiger partial charge is 0.399 e. The van der Waals surface area contributed by atoms with Crippen LogP contribution in [0.5, 0.6) is 0 Å². The van der Waals surface area contributed by atoms with Crippen molar-refractivity contribution in [3.8, 4) is 0 Å². The lowest BCUT2D eigenvalue weighted by atomic mass is 10.3. The van der Waals surface area contributed by atoms with Crippen LogP contribution in [0.15, 0.2) is 24.7 Å². The maximum Gasteiger partial charge on any atom is 0.0955 e. The first-order valence-electron chi connectivity index (χ1n) is 4.85. The molecule has 0 aliphatic rings. The van der Waals surface area contributed by atoms with Crippen LogP contribution < -0.4 is 5.73 Å². The minimum Gasteiger partial charge on any atom is -0.399 e. The van der Waals surface area contributed by atoms with E-state index in [1.54, 1.807) is 12.3 Å². The summed E-state index contributed by atoms with van der Waals surface area (Å²) in [4.78, 5) is 8.50. The molecular weight excluding hydrogens is 188 g/mol. The van der Waals surface area contributed by atoms with Crippen LogP contribution in [0.3, 0.4) is 0 Å². The quantitative estimate of drug-likeness (QED) is 0.803. The van der Waals surface area contributed by atoms with Crippen molar-refractivity contribution in [3.05, 3.63) is 41.7 Å². The van der Waals surface area contributed by atoms with E-state index in [0.717, 1.165) is 23.6 Å². The molecule has 2 rings (SSSR count). The van der Waals surface area contributed by atoms with E-state index in [0.29, 0.717) is 0 Å². The van der Waals surface area contributed by atoms with E-state index < -0.39 is 0 Å². The van der Waals surface area contributed by atoms with Crippen molar-refractivity contribution in [2.75, 3.05) is 5.73 Å². The van der Waals surface area contributed by atoms with Gasteiger partial charge in [-0.3, -0.25) is 4.98 Å². The van der Waals surface area contributed by atoms with E-state index in [4.69, 9.17) is 5.73 Å². The fourth-order valence-electron chi connectivity index (χ4n) is 1.46. The number of hydrogen-bond donors (Lipinski definition) is 1. The van der Waals surface area contributed by atoms with Crippen molar-refractivity contribution in [1.82, 2.24) is 14.5 Å². The minimum atomic E-state index is 0.720. The minimum absolute atomic E-state index is 0.720. The smallest absolute Gasteiger partial charge is 0.0955 e. The van der Waals surface area contributed by atoms with Crippen molar-refractivity contribution in [1.29, 1.82) is 0 Å². The monoisotopic (exact) mass is 202 g/mol. The summed E-state index contributed by atoms with van der Waals surface area (Å²) in [5.74, 6) is 0. The van der Waals surface area contributed by atoms with Gasteiger partial charge in [0.2, 0.25) is 0 Å². The van der Waals surface area contributed by atoms with Crippen LogP contribution in [0.1, 0.15) is 17.1 Å². The number of aryl methyl sites for hydroxylation is 1. The lowest BCUT2D eigenvalue weighted by Gasteiger charge is -2.05. The highest BCUT2D eigenvalue weighted by atomic mass is 15.1. The zero-order valence-electron chi connectivity index (χ0n) is 8.94. The molecule has 15 heavy (non-hydrogen) atoms. The van der Waals surface area contributed by atoms with Gasteiger partial charge in [0.1, 0.15) is 0 Å². The van der Waals surface area contributed by atoms with Gasteiger partial charge in [-0.1, -0.05) is 0 Å². The van der Waals surface area contributed by atoms with Gasteiger partial charge in [-0.2, -0.15) is 0 Å². The predicted molar refractivity (Wildman–Crippen MR) is 59.5 cm³/mol. The van der Waals surface area contributed by atoms with E-state index >= 15 is 0 Å². The third kappa shape index (κ3) is 1.98. The Morgan fingerprint density at radius 2 is 2.13 bits per heavy atom. The zero-order chi connectivity index (χ0) is 10.8. The molecule has 0 fully saturated rings. The first kappa shape index (κ1) is 9.71. The van der Waals surface area contributed by atoms with E-state index in [2.05, 4.69) is 21.5 Å². The fraction of sp³-hybridized carbons (Fsp3) is 0.273. The topological polar surface area (TPSA) is 56.7 Å². The number of anilines is 1. The number of imidazole rings is 1. The van der Waals surface area contributed by atoms with Crippen LogP contribution in [-0.2, 0) is 6.54 Å². The second-order valence-electron chi connectivity index (χ2n) is 3.62. The molecule has 2 heterocycles. The van der Waals surface area contributed by atoms with Crippen LogP contribution in [0.25, 0.3) is 0 Å². The molecule has 0 atom stereocenters. The van der Waals surface area contributed by atoms with E-state index in [1.165, 1.54) is 5.69 Å². The van der Waals surface area contributed by atoms with E-state index in [9.17, 15) is 0 Å². The van der Waals surface area contributed by atoms with Gasteiger partial charge in [0.05, 0.1) is 24.3 Å². The molecular formula is C11H14N4. The van der Waals surface area contributed by atoms with Crippen LogP contribution >= 0.6 is 0 Å². The van der Waals surface area contributed by atoms with Gasteiger partial charge in [-0.25, -0.2) is 4.98 Å². The summed E-state index contributed by atoms with van der Waals surface area (Å²) in [5.41, 5.74) is 9.61. The molecule has 4 heteroatoms. The Hall–Kier alpha value is -1.84. The van der Waals surface area contributed by atoms with Gasteiger partial charge in [0.15, 0.2) is 0 Å². The molecule has 0 saturated heterocycles. The van der Waals surface area contributed by atoms with Crippen molar-refractivity contribution >= 4 is 5.69 Å². The molecule has 0 radical (unpaired) electrons. The average molecular weight is 202 g/mol. The highest BCUT2D eigenvalue weighted by Gasteiger charge is 2.03. The SMILES string of the molecule is Cc1ncn(Cc2cc(N)ccn2)c1C. The standard InChI is InChI=1S/C11H14N4/c1-8-9(2)15(7-14-8)6-11-5-10(12)3-4-13-11/h3-5,7H,6H2,1-2H3,(H2,12,13). The molecule has 78 valence electrons. The molecule has 0 aromatic carbocycles. The summed E-state index contributed by atoms with van der Waals surface area (Å²) >= 11 is 0. The number of nitrogens with two attached hydrogens (primary N) is 1. The second-order valence-corrected chi connectivity index (χ2v) is 3.62. The van der Waals surface area contributed by atoms with E-state index in [-0.39, 0.29) is 0 Å². The van der Waals surface area contributed by atoms with Crippen molar-refractivity contribution in [2.24, 2.45) is 0 Å². The molecule has 0 amide bonds. The highest BCUT2D eigenvalue weighted by molar-refractivity contribution is 5.37. The molecule has 0 aliphatic carbocycles. The zero-order valence-corrected chi connectivity index (χ0v) is 8.94. The Bertz CT molecular complexity index is 473. The lowest BCUT2D eigenvalue weighted by Crippen LogP contribution is -2.03. The Morgan fingerprint density at radius 3 is 2.73 bits per heavy atom. The van der Waals surface area contributed by atoms with Crippen LogP contribution in [0.2, 0.25) is 0 Å². The van der Waals surface area contributed by atoms with Gasteiger partial charge >= 0.3 is 0 Å². The normalized spacial score (nSPS) is 10.5. The van der Waals surface area contributed by atoms with Gasteiger partial charge in [0, 0.05) is 17.6 Å². The Balaban J connectivity index is 2.26. The number of hydrogen-bond acceptors (Lipinski definition) is 3. The van der Waals surface area contributed by atoms with Gasteiger partial charge in [0.25, 0.3) is 0 Å². The van der Waals surface area contributed by atoms with Crippen molar-refractivity contribution < 1.29 is 0 Å². The Kier molecular flexibility index (Phi) is 2.41. The van der Waals surface area contributed by atoms with Gasteiger partial charge in [-0.15, -0.1) is 0 Å². The summed E-state index contributed by atoms with van der Waals surface area (Å²) in [6, 6.07) is 3.67. The Morgan fingerprint density at radius 1 is 1.33 bits per heavy atom. The molecule has 2 aromatic rings. The van der Waals surface area contributed by atoms with Crippen LogP contribution in [-0.4, -0.2) is 14.5 Å². The van der Waals surface area contributed by atoms with E-state index in [1.807, 2.05) is 19.3 Å². The second kappa shape index (κ2) is 3.73. The number of aromatic nitrogens is 3. The molecule has 4 nitrogen and oxygen atoms in total. The highest BCUT2D eigenvalue weighted by Crippen LogP contribution is 2.09. The molecule has 0 aliphatic heterocycles. The number of pyridine rings is 1. The summed E-state index contributed by atoms with van der Waals surface area (Å²) in [6.45, 7) is 4.77. The Labute approximate surface area is 88.8 Å². The average Bonchev–Trinajstić information content (AvgIpc) is 2.50. The summed E-state index contributed by atoms with van der Waals surface area (Å²) in [6.07, 6.45) is 3.55. The van der Waals surface area contributed by atoms with Gasteiger partial charge in [-0.05, 0) is 26.0 Å². The van der Waals surface area contributed by atoms with Crippen molar-refractivity contribution in [3.63, 3.8) is 0 Å². The summed E-state index contributed by atoms with van der Waals surface area (Å²) in [7, 11) is 0. The third-order valence-corrected chi connectivity index (χ3v) is 2.52. The van der Waals surface area contributed by atoms with Crippen LogP contribution in [0, 0.1) is 13.8 Å². The number of rotatable bonds is 2. The first-order valence-corrected chi connectivity index (χ1v) is 4.85. The maximum absolute atomic E-state index is 5.69. The summed E-state index contributed by atoms with van der Waals surface area (Å²) in [5, 5.41) is 0. The molecule has 0 saturated carbocycles. The molecule has 0 spiro atoms. The molecule has 2 aromatic heterocycles. The third-order valence-electron chi connectivity index (χ3n) is 2.52. The molecule has 0 bridgehead atoms. The molecule has 2 N–H and O–H groups in total. The first-order chi connectivity index (χ1) is 7.16. The van der Waals surface area contributed by atoms with Gasteiger partial charge < -0.3 is 10.3 Å². The summed E-state index contributed by atoms with van der Waals surface area (Å²) < 4.78 is 2.07. The fourth-order valence-corrected chi connectivity index (χ4v) is 1.46. The number of nitrogens with zero attached hydrogens (tertiary/aromatic N) is 3. The number of nitrogen functional groups attached to an aromatic ring is 1. The molecule has 0 unspecified atom stereocenters. The lowest BCUT2D eigenvalue weighted by molar-refractivity contribution is 0.748. The van der Waals surface area contributed by atoms with Crippen LogP contribution in [0.4, 0.5) is 5.69 Å². The predicted octanol–water partition coefficient (Wildman–Crippen LogP) is 1.53. The van der Waals surface area contributed by atoms with Crippen molar-refractivity contribution in [2.45, 2.75) is 20.4 Å². The maximum atomic E-state index is 5.69.